The van der Waals surface area contributed by atoms with Crippen molar-refractivity contribution in [3.63, 3.8) is 0 Å². The zero-order valence-electron chi connectivity index (χ0n) is 29.6. The molecule has 0 aromatic heterocycles. The number of rotatable bonds is 14. The first kappa shape index (κ1) is 37.7. The number of methoxy groups -OCH3 is 2. The van der Waals surface area contributed by atoms with Crippen molar-refractivity contribution >= 4 is 39.1 Å². The number of amides is 2. The van der Waals surface area contributed by atoms with Crippen molar-refractivity contribution in [1.29, 1.82) is 0 Å². The zero-order chi connectivity index (χ0) is 36.5. The van der Waals surface area contributed by atoms with Crippen molar-refractivity contribution in [1.82, 2.24) is 10.2 Å². The predicted molar refractivity (Wildman–Crippen MR) is 201 cm³/mol. The highest BCUT2D eigenvalue weighted by Crippen LogP contribution is 2.33. The summed E-state index contributed by atoms with van der Waals surface area (Å²) in [4.78, 5) is 30.6. The monoisotopic (exact) mass is 731 g/mol. The summed E-state index contributed by atoms with van der Waals surface area (Å²) in [6, 6.07) is 25.4. The number of nitrogens with zero attached hydrogens (tertiary/aromatic N) is 2. The van der Waals surface area contributed by atoms with Crippen LogP contribution >= 0.6 is 11.6 Å². The Bertz CT molecular complexity index is 1910. The summed E-state index contributed by atoms with van der Waals surface area (Å²) < 4.78 is 41.1. The summed E-state index contributed by atoms with van der Waals surface area (Å²) in [5.74, 6) is -0.248. The van der Waals surface area contributed by atoms with Gasteiger partial charge in [0.15, 0.2) is 11.5 Å². The molecule has 9 nitrogen and oxygen atoms in total. The summed E-state index contributed by atoms with van der Waals surface area (Å²) in [6.45, 7) is 3.15. The minimum Gasteiger partial charge on any atom is -0.493 e. The third kappa shape index (κ3) is 9.42. The molecular weight excluding hydrogens is 686 g/mol. The van der Waals surface area contributed by atoms with E-state index in [1.165, 1.54) is 37.3 Å². The van der Waals surface area contributed by atoms with Gasteiger partial charge >= 0.3 is 0 Å². The van der Waals surface area contributed by atoms with Gasteiger partial charge in [-0.05, 0) is 79.3 Å². The standard InChI is InChI=1S/C40H46ClN3O6S/c1-28-21-29(2)23-33(22-28)44(51(47,48)34-19-20-37(49-3)38(25-34)50-4)27-39(45)43(26-31-15-11-12-18-35(31)41)36(24-30-13-7-5-8-14-30)40(46)42-32-16-9-6-10-17-32/h5,7-8,11-15,18-23,25,32,36H,6,9-10,16-17,24,26-27H2,1-4H3,(H,42,46)/t36-/m0/s1. The lowest BCUT2D eigenvalue weighted by Crippen LogP contribution is -2.55. The molecule has 0 radical (unpaired) electrons. The molecular formula is C40H46ClN3O6S. The first-order chi connectivity index (χ1) is 24.5. The first-order valence-electron chi connectivity index (χ1n) is 17.2. The summed E-state index contributed by atoms with van der Waals surface area (Å²) in [6.07, 6.45) is 5.13. The molecule has 0 unspecified atom stereocenters. The number of aryl methyl sites for hydroxylation is 2. The summed E-state index contributed by atoms with van der Waals surface area (Å²) >= 11 is 6.65. The highest BCUT2D eigenvalue weighted by Gasteiger charge is 2.36. The van der Waals surface area contributed by atoms with Crippen molar-refractivity contribution in [2.75, 3.05) is 25.1 Å². The number of hydrogen-bond donors (Lipinski definition) is 1. The van der Waals surface area contributed by atoms with Crippen LogP contribution < -0.4 is 19.1 Å². The summed E-state index contributed by atoms with van der Waals surface area (Å²) in [5, 5.41) is 3.67. The number of halogens is 1. The van der Waals surface area contributed by atoms with Crippen LogP contribution in [0, 0.1) is 13.8 Å². The fraction of sp³-hybridized carbons (Fsp3) is 0.350. The van der Waals surface area contributed by atoms with Crippen LogP contribution in [0.5, 0.6) is 11.5 Å². The Morgan fingerprint density at radius 2 is 1.49 bits per heavy atom. The molecule has 4 aromatic carbocycles. The quantitative estimate of drug-likeness (QED) is 0.147. The Kier molecular flexibility index (Phi) is 12.7. The van der Waals surface area contributed by atoms with E-state index in [0.717, 1.165) is 53.1 Å². The number of nitrogens with one attached hydrogen (secondary N) is 1. The molecule has 1 N–H and O–H groups in total. The van der Waals surface area contributed by atoms with Gasteiger partial charge in [0, 0.05) is 30.1 Å². The number of anilines is 1. The van der Waals surface area contributed by atoms with Crippen LogP contribution in [0.25, 0.3) is 0 Å². The number of hydrogen-bond acceptors (Lipinski definition) is 6. The van der Waals surface area contributed by atoms with Gasteiger partial charge in [-0.25, -0.2) is 8.42 Å². The Morgan fingerprint density at radius 3 is 2.14 bits per heavy atom. The van der Waals surface area contributed by atoms with Crippen LogP contribution in [0.1, 0.15) is 54.4 Å². The predicted octanol–water partition coefficient (Wildman–Crippen LogP) is 7.26. The van der Waals surface area contributed by atoms with E-state index in [9.17, 15) is 18.0 Å². The third-order valence-electron chi connectivity index (χ3n) is 9.24. The van der Waals surface area contributed by atoms with Crippen LogP contribution in [-0.2, 0) is 32.6 Å². The van der Waals surface area contributed by atoms with Crippen LogP contribution in [0.2, 0.25) is 5.02 Å². The number of carbonyl (C=O) groups is 2. The van der Waals surface area contributed by atoms with E-state index in [0.29, 0.717) is 22.0 Å². The molecule has 0 aliphatic heterocycles. The second kappa shape index (κ2) is 17.1. The molecule has 1 fully saturated rings. The second-order valence-electron chi connectivity index (χ2n) is 13.0. The highest BCUT2D eigenvalue weighted by molar-refractivity contribution is 7.92. The second-order valence-corrected chi connectivity index (χ2v) is 15.3. The molecule has 4 aromatic rings. The van der Waals surface area contributed by atoms with Gasteiger partial charge < -0.3 is 19.7 Å². The lowest BCUT2D eigenvalue weighted by atomic mass is 9.94. The van der Waals surface area contributed by atoms with Crippen LogP contribution in [0.15, 0.2) is 95.9 Å². The molecule has 0 bridgehead atoms. The number of ether oxygens (including phenoxy) is 2. The minimum absolute atomic E-state index is 0.000938. The molecule has 0 saturated heterocycles. The van der Waals surface area contributed by atoms with E-state index in [4.69, 9.17) is 21.1 Å². The van der Waals surface area contributed by atoms with E-state index >= 15 is 0 Å². The fourth-order valence-corrected chi connectivity index (χ4v) is 8.25. The van der Waals surface area contributed by atoms with E-state index in [1.54, 1.807) is 24.3 Å². The van der Waals surface area contributed by atoms with Crippen LogP contribution in [-0.4, -0.2) is 58.0 Å². The molecule has 2 amide bonds. The number of carbonyl (C=O) groups excluding carboxylic acids is 2. The van der Waals surface area contributed by atoms with Gasteiger partial charge in [-0.15, -0.1) is 0 Å². The fourth-order valence-electron chi connectivity index (χ4n) is 6.64. The van der Waals surface area contributed by atoms with Crippen LogP contribution in [0.3, 0.4) is 0 Å². The van der Waals surface area contributed by atoms with Crippen LogP contribution in [0.4, 0.5) is 5.69 Å². The maximum Gasteiger partial charge on any atom is 0.264 e. The topological polar surface area (TPSA) is 105 Å². The van der Waals surface area contributed by atoms with Gasteiger partial charge in [0.2, 0.25) is 11.8 Å². The Balaban J connectivity index is 1.61. The van der Waals surface area contributed by atoms with Gasteiger partial charge in [-0.3, -0.25) is 13.9 Å². The van der Waals surface area contributed by atoms with Gasteiger partial charge in [0.05, 0.1) is 24.8 Å². The Labute approximate surface area is 306 Å². The maximum absolute atomic E-state index is 14.9. The van der Waals surface area contributed by atoms with Gasteiger partial charge in [0.1, 0.15) is 12.6 Å². The van der Waals surface area contributed by atoms with E-state index < -0.39 is 28.5 Å². The summed E-state index contributed by atoms with van der Waals surface area (Å²) in [5.41, 5.74) is 3.47. The number of sulfonamides is 1. The highest BCUT2D eigenvalue weighted by atomic mass is 35.5. The molecule has 1 saturated carbocycles. The van der Waals surface area contributed by atoms with Gasteiger partial charge in [-0.1, -0.05) is 85.5 Å². The molecule has 51 heavy (non-hydrogen) atoms. The van der Waals surface area contributed by atoms with Crippen molar-refractivity contribution < 1.29 is 27.5 Å². The third-order valence-corrected chi connectivity index (χ3v) is 11.4. The Morgan fingerprint density at radius 1 is 0.843 bits per heavy atom. The lowest BCUT2D eigenvalue weighted by Gasteiger charge is -2.35. The van der Waals surface area contributed by atoms with E-state index in [2.05, 4.69) is 5.32 Å². The molecule has 1 aliphatic carbocycles. The average Bonchev–Trinajstić information content (AvgIpc) is 3.12. The molecule has 0 heterocycles. The van der Waals surface area contributed by atoms with Crippen molar-refractivity contribution in [3.05, 3.63) is 118 Å². The van der Waals surface area contributed by atoms with Gasteiger partial charge in [-0.2, -0.15) is 0 Å². The molecule has 5 rings (SSSR count). The normalized spacial score (nSPS) is 14.0. The molecule has 1 aliphatic rings. The first-order valence-corrected chi connectivity index (χ1v) is 19.0. The maximum atomic E-state index is 14.9. The Hall–Kier alpha value is -4.54. The molecule has 0 spiro atoms. The smallest absolute Gasteiger partial charge is 0.264 e. The number of benzene rings is 4. The SMILES string of the molecule is COc1ccc(S(=O)(=O)N(CC(=O)N(Cc2ccccc2Cl)[C@@H](Cc2ccccc2)C(=O)NC2CCCCC2)c2cc(C)cc(C)c2)cc1OC. The van der Waals surface area contributed by atoms with Crippen molar-refractivity contribution in [3.8, 4) is 11.5 Å². The van der Waals surface area contributed by atoms with Crippen molar-refractivity contribution in [2.45, 2.75) is 75.9 Å². The largest absolute Gasteiger partial charge is 0.493 e. The van der Waals surface area contributed by atoms with E-state index in [1.807, 2.05) is 62.4 Å². The van der Waals surface area contributed by atoms with E-state index in [-0.39, 0.29) is 35.6 Å². The molecule has 11 heteroatoms. The zero-order valence-corrected chi connectivity index (χ0v) is 31.2. The summed E-state index contributed by atoms with van der Waals surface area (Å²) in [7, 11) is -1.46. The van der Waals surface area contributed by atoms with Crippen molar-refractivity contribution in [2.24, 2.45) is 0 Å². The lowest BCUT2D eigenvalue weighted by molar-refractivity contribution is -0.140. The van der Waals surface area contributed by atoms with Gasteiger partial charge in [0.25, 0.3) is 10.0 Å². The minimum atomic E-state index is -4.36. The molecule has 1 atom stereocenters. The average molecular weight is 732 g/mol. The molecule has 270 valence electrons.